The molecule has 0 saturated heterocycles. The summed E-state index contributed by atoms with van der Waals surface area (Å²) in [6.07, 6.45) is 0. The maximum absolute atomic E-state index is 16.2. The standard InChI is InChI=1S/C28H23F2N3O3S/c1-17-21-10-12-24(27(30)28(21)33(32-17)20-9-5-6-18(14-20)15-31)23-13-11-22(19-7-3-2-4-8-19)25(26(23)29)16-36-37(34)35/h2-14,37H,15-16,31H2,1H3. The first-order valence-corrected chi connectivity index (χ1v) is 12.6. The number of hydrogen-bond acceptors (Lipinski definition) is 5. The molecule has 5 rings (SSSR count). The molecule has 188 valence electrons. The Labute approximate surface area is 214 Å². The third-order valence-corrected chi connectivity index (χ3v) is 6.63. The van der Waals surface area contributed by atoms with Crippen LogP contribution in [0.3, 0.4) is 0 Å². The van der Waals surface area contributed by atoms with Gasteiger partial charge in [0, 0.05) is 28.6 Å². The molecule has 6 nitrogen and oxygen atoms in total. The summed E-state index contributed by atoms with van der Waals surface area (Å²) < 4.78 is 60.6. The van der Waals surface area contributed by atoms with Crippen LogP contribution in [-0.2, 0) is 28.3 Å². The molecule has 0 radical (unpaired) electrons. The predicted octanol–water partition coefficient (Wildman–Crippen LogP) is 5.45. The second kappa shape index (κ2) is 10.2. The van der Waals surface area contributed by atoms with Crippen molar-refractivity contribution >= 4 is 21.9 Å². The Bertz CT molecular complexity index is 1690. The highest BCUT2D eigenvalue weighted by Gasteiger charge is 2.22. The molecule has 0 aliphatic heterocycles. The summed E-state index contributed by atoms with van der Waals surface area (Å²) in [7, 11) is -3.20. The Morgan fingerprint density at radius 2 is 1.59 bits per heavy atom. The highest BCUT2D eigenvalue weighted by molar-refractivity contribution is 7.67. The van der Waals surface area contributed by atoms with Gasteiger partial charge in [-0.3, -0.25) is 4.18 Å². The summed E-state index contributed by atoms with van der Waals surface area (Å²) in [5, 5.41) is 5.12. The van der Waals surface area contributed by atoms with Crippen molar-refractivity contribution in [3.8, 4) is 27.9 Å². The zero-order valence-corrected chi connectivity index (χ0v) is 20.7. The van der Waals surface area contributed by atoms with E-state index >= 15 is 8.78 Å². The number of fused-ring (bicyclic) bond motifs is 1. The van der Waals surface area contributed by atoms with Crippen molar-refractivity contribution in [1.82, 2.24) is 9.78 Å². The summed E-state index contributed by atoms with van der Waals surface area (Å²) in [4.78, 5) is 0. The van der Waals surface area contributed by atoms with Crippen molar-refractivity contribution in [2.45, 2.75) is 20.1 Å². The number of halogens is 2. The Balaban J connectivity index is 1.72. The normalized spacial score (nSPS) is 11.5. The number of aromatic nitrogens is 2. The average Bonchev–Trinajstić information content (AvgIpc) is 3.26. The molecule has 0 bridgehead atoms. The third-order valence-electron chi connectivity index (χ3n) is 6.29. The van der Waals surface area contributed by atoms with E-state index in [1.165, 1.54) is 16.8 Å². The van der Waals surface area contributed by atoms with Crippen LogP contribution in [0, 0.1) is 18.6 Å². The molecule has 0 atom stereocenters. The van der Waals surface area contributed by atoms with Crippen molar-refractivity contribution in [3.05, 3.63) is 107 Å². The molecule has 1 aromatic heterocycles. The van der Waals surface area contributed by atoms with Crippen LogP contribution >= 0.6 is 0 Å². The number of hydrogen-bond donors (Lipinski definition) is 2. The summed E-state index contributed by atoms with van der Waals surface area (Å²) in [6.45, 7) is 1.58. The van der Waals surface area contributed by atoms with Gasteiger partial charge < -0.3 is 5.73 Å². The Hall–Kier alpha value is -3.92. The van der Waals surface area contributed by atoms with E-state index in [0.717, 1.165) is 5.56 Å². The fraction of sp³-hybridized carbons (Fsp3) is 0.107. The largest absolute Gasteiger partial charge is 0.326 e. The van der Waals surface area contributed by atoms with Crippen molar-refractivity contribution < 1.29 is 21.4 Å². The summed E-state index contributed by atoms with van der Waals surface area (Å²) >= 11 is 0. The third kappa shape index (κ3) is 4.64. The molecule has 4 aromatic carbocycles. The minimum Gasteiger partial charge on any atom is -0.326 e. The van der Waals surface area contributed by atoms with Crippen molar-refractivity contribution in [2.75, 3.05) is 0 Å². The lowest BCUT2D eigenvalue weighted by atomic mass is 9.93. The molecule has 0 unspecified atom stereocenters. The molecule has 5 aromatic rings. The van der Waals surface area contributed by atoms with Gasteiger partial charge >= 0.3 is 0 Å². The van der Waals surface area contributed by atoms with E-state index in [4.69, 9.17) is 9.92 Å². The lowest BCUT2D eigenvalue weighted by Crippen LogP contribution is -2.03. The van der Waals surface area contributed by atoms with E-state index in [1.807, 2.05) is 24.3 Å². The smallest absolute Gasteiger partial charge is 0.257 e. The van der Waals surface area contributed by atoms with Gasteiger partial charge in [0.1, 0.15) is 11.3 Å². The van der Waals surface area contributed by atoms with Gasteiger partial charge in [0.15, 0.2) is 5.82 Å². The van der Waals surface area contributed by atoms with Crippen molar-refractivity contribution in [1.29, 1.82) is 0 Å². The number of nitrogens with two attached hydrogens (primary N) is 1. The summed E-state index contributed by atoms with van der Waals surface area (Å²) in [6, 6.07) is 22.6. The highest BCUT2D eigenvalue weighted by atomic mass is 32.2. The minimum absolute atomic E-state index is 0.0140. The Morgan fingerprint density at radius 1 is 0.892 bits per heavy atom. The molecular weight excluding hydrogens is 496 g/mol. The Kier molecular flexibility index (Phi) is 6.84. The highest BCUT2D eigenvalue weighted by Crippen LogP contribution is 2.37. The molecule has 0 aliphatic carbocycles. The van der Waals surface area contributed by atoms with Gasteiger partial charge in [-0.15, -0.1) is 0 Å². The van der Waals surface area contributed by atoms with Crippen molar-refractivity contribution in [3.63, 3.8) is 0 Å². The van der Waals surface area contributed by atoms with Gasteiger partial charge in [-0.25, -0.2) is 21.9 Å². The van der Waals surface area contributed by atoms with Crippen LogP contribution in [0.25, 0.3) is 38.8 Å². The molecule has 0 aliphatic rings. The van der Waals surface area contributed by atoms with E-state index in [1.54, 1.807) is 49.4 Å². The zero-order valence-electron chi connectivity index (χ0n) is 19.8. The van der Waals surface area contributed by atoms with E-state index in [9.17, 15) is 8.42 Å². The van der Waals surface area contributed by atoms with Gasteiger partial charge in [-0.1, -0.05) is 66.7 Å². The molecule has 0 saturated carbocycles. The van der Waals surface area contributed by atoms with Crippen LogP contribution in [0.4, 0.5) is 8.78 Å². The predicted molar refractivity (Wildman–Crippen MR) is 140 cm³/mol. The number of nitrogens with zero attached hydrogens (tertiary/aromatic N) is 2. The molecular formula is C28H23F2N3O3S. The SMILES string of the molecule is Cc1nn(-c2cccc(CN)c2)c2c(F)c(-c3ccc(-c4ccccc4)c(CO[SH](=O)=O)c3F)ccc12. The number of thiol groups is 1. The number of aryl methyl sites for hydroxylation is 1. The second-order valence-corrected chi connectivity index (χ2v) is 9.22. The molecule has 9 heteroatoms. The van der Waals surface area contributed by atoms with Crippen LogP contribution in [0.2, 0.25) is 0 Å². The van der Waals surface area contributed by atoms with Crippen LogP contribution in [0.5, 0.6) is 0 Å². The Morgan fingerprint density at radius 3 is 2.32 bits per heavy atom. The molecule has 0 fully saturated rings. The van der Waals surface area contributed by atoms with Crippen molar-refractivity contribution in [2.24, 2.45) is 5.73 Å². The van der Waals surface area contributed by atoms with E-state index in [0.29, 0.717) is 34.4 Å². The quantitative estimate of drug-likeness (QED) is 0.279. The lowest BCUT2D eigenvalue weighted by molar-refractivity contribution is 0.317. The molecule has 0 spiro atoms. The second-order valence-electron chi connectivity index (χ2n) is 8.51. The topological polar surface area (TPSA) is 87.2 Å². The lowest BCUT2D eigenvalue weighted by Gasteiger charge is -2.15. The van der Waals surface area contributed by atoms with Crippen LogP contribution in [0.1, 0.15) is 16.8 Å². The summed E-state index contributed by atoms with van der Waals surface area (Å²) in [5.41, 5.74) is 9.25. The molecule has 1 heterocycles. The van der Waals surface area contributed by atoms with Crippen LogP contribution in [0.15, 0.2) is 78.9 Å². The molecule has 2 N–H and O–H groups in total. The van der Waals surface area contributed by atoms with Crippen LogP contribution in [-0.4, -0.2) is 18.2 Å². The monoisotopic (exact) mass is 519 g/mol. The van der Waals surface area contributed by atoms with Gasteiger partial charge in [0.25, 0.3) is 11.0 Å². The van der Waals surface area contributed by atoms with E-state index < -0.39 is 29.2 Å². The average molecular weight is 520 g/mol. The van der Waals surface area contributed by atoms with Gasteiger partial charge in [0.05, 0.1) is 18.0 Å². The summed E-state index contributed by atoms with van der Waals surface area (Å²) in [5.74, 6) is -1.41. The zero-order chi connectivity index (χ0) is 26.1. The maximum atomic E-state index is 16.2. The van der Waals surface area contributed by atoms with E-state index in [-0.39, 0.29) is 22.2 Å². The fourth-order valence-corrected chi connectivity index (χ4v) is 4.74. The van der Waals surface area contributed by atoms with Gasteiger partial charge in [-0.2, -0.15) is 5.10 Å². The molecule has 0 amide bonds. The fourth-order valence-electron chi connectivity index (χ4n) is 4.50. The minimum atomic E-state index is -3.20. The number of benzene rings is 4. The van der Waals surface area contributed by atoms with Crippen LogP contribution < -0.4 is 5.73 Å². The number of rotatable bonds is 7. The van der Waals surface area contributed by atoms with Gasteiger partial charge in [0.2, 0.25) is 0 Å². The molecule has 37 heavy (non-hydrogen) atoms. The first-order chi connectivity index (χ1) is 17.9. The van der Waals surface area contributed by atoms with Gasteiger partial charge in [-0.05, 0) is 35.7 Å². The first-order valence-electron chi connectivity index (χ1n) is 11.5. The first kappa shape index (κ1) is 24.8. The maximum Gasteiger partial charge on any atom is 0.257 e. The van der Waals surface area contributed by atoms with E-state index in [2.05, 4.69) is 5.10 Å².